The number of amidine groups is 1. The summed E-state index contributed by atoms with van der Waals surface area (Å²) in [5.41, 5.74) is 4.27. The Bertz CT molecular complexity index is 1100. The van der Waals surface area contributed by atoms with Crippen molar-refractivity contribution in [2.45, 2.75) is 0 Å². The van der Waals surface area contributed by atoms with Crippen LogP contribution in [-0.4, -0.2) is 34.0 Å². The number of benzene rings is 2. The molecule has 0 bridgehead atoms. The molecule has 3 heterocycles. The maximum Gasteiger partial charge on any atom is 0.274 e. The van der Waals surface area contributed by atoms with Gasteiger partial charge in [0.1, 0.15) is 5.69 Å². The number of rotatable bonds is 3. The Morgan fingerprint density at radius 2 is 1.89 bits per heavy atom. The minimum absolute atomic E-state index is 0.210. The van der Waals surface area contributed by atoms with Gasteiger partial charge in [-0.15, -0.1) is 0 Å². The molecule has 2 aliphatic rings. The number of nitrogens with one attached hydrogen (secondary N) is 1. The van der Waals surface area contributed by atoms with Gasteiger partial charge in [-0.05, 0) is 29.8 Å². The van der Waals surface area contributed by atoms with E-state index in [-0.39, 0.29) is 5.91 Å². The summed E-state index contributed by atoms with van der Waals surface area (Å²) in [6, 6.07) is 19.3. The smallest absolute Gasteiger partial charge is 0.274 e. The van der Waals surface area contributed by atoms with Crippen LogP contribution in [-0.2, 0) is 0 Å². The largest absolute Gasteiger partial charge is 0.321 e. The first-order valence-corrected chi connectivity index (χ1v) is 9.62. The number of hydrogen-bond donors (Lipinski definition) is 1. The number of carbonyl (C=O) groups is 1. The number of anilines is 1. The van der Waals surface area contributed by atoms with E-state index in [1.165, 1.54) is 5.70 Å². The predicted molar refractivity (Wildman–Crippen MR) is 111 cm³/mol. The average molecular weight is 372 g/mol. The van der Waals surface area contributed by atoms with Crippen molar-refractivity contribution in [2.75, 3.05) is 18.4 Å². The molecule has 0 unspecified atom stereocenters. The first kappa shape index (κ1) is 16.1. The highest BCUT2D eigenvalue weighted by Gasteiger charge is 2.26. The number of aromatic nitrogens is 1. The van der Waals surface area contributed by atoms with E-state index in [2.05, 4.69) is 25.6 Å². The second kappa shape index (κ2) is 6.55. The van der Waals surface area contributed by atoms with E-state index in [0.29, 0.717) is 5.69 Å². The molecule has 27 heavy (non-hydrogen) atoms. The minimum atomic E-state index is -0.210. The summed E-state index contributed by atoms with van der Waals surface area (Å²) < 4.78 is 0. The third-order valence-corrected chi connectivity index (χ3v) is 5.54. The normalized spacial score (nSPS) is 15.5. The van der Waals surface area contributed by atoms with E-state index in [0.717, 1.165) is 40.4 Å². The minimum Gasteiger partial charge on any atom is -0.321 e. The van der Waals surface area contributed by atoms with Gasteiger partial charge in [-0.2, -0.15) is 0 Å². The predicted octanol–water partition coefficient (Wildman–Crippen LogP) is 4.20. The van der Waals surface area contributed by atoms with Crippen molar-refractivity contribution in [1.82, 2.24) is 9.88 Å². The molecule has 1 aromatic heterocycles. The lowest BCUT2D eigenvalue weighted by atomic mass is 10.1. The molecule has 3 aromatic rings. The summed E-state index contributed by atoms with van der Waals surface area (Å²) >= 11 is 1.66. The van der Waals surface area contributed by atoms with Crippen LogP contribution in [0.5, 0.6) is 0 Å². The van der Waals surface area contributed by atoms with Crippen LogP contribution < -0.4 is 5.32 Å². The van der Waals surface area contributed by atoms with Crippen LogP contribution in [0.4, 0.5) is 5.69 Å². The molecule has 1 amide bonds. The number of aliphatic imine (C=N–C) groups is 1. The zero-order chi connectivity index (χ0) is 18.2. The van der Waals surface area contributed by atoms with Gasteiger partial charge >= 0.3 is 0 Å². The topological polar surface area (TPSA) is 57.6 Å². The van der Waals surface area contributed by atoms with Crippen molar-refractivity contribution in [3.63, 3.8) is 0 Å². The SMILES string of the molecule is O=C(Nc1ccc(C2=CSC3=NCCN23)cc1)c1ccc2ccccc2n1. The number of hydrogen-bond acceptors (Lipinski definition) is 5. The molecule has 1 N–H and O–H groups in total. The number of pyridine rings is 1. The van der Waals surface area contributed by atoms with Gasteiger partial charge in [-0.3, -0.25) is 9.79 Å². The summed E-state index contributed by atoms with van der Waals surface area (Å²) in [4.78, 5) is 23.7. The van der Waals surface area contributed by atoms with Gasteiger partial charge in [-0.25, -0.2) is 4.98 Å². The maximum atomic E-state index is 12.5. The summed E-state index contributed by atoms with van der Waals surface area (Å²) in [6.45, 7) is 1.78. The van der Waals surface area contributed by atoms with Crippen molar-refractivity contribution in [2.24, 2.45) is 4.99 Å². The molecule has 5 nitrogen and oxygen atoms in total. The number of nitrogens with zero attached hydrogens (tertiary/aromatic N) is 3. The number of thioether (sulfide) groups is 1. The van der Waals surface area contributed by atoms with Crippen LogP contribution in [0.2, 0.25) is 0 Å². The molecule has 5 rings (SSSR count). The summed E-state index contributed by atoms with van der Waals surface area (Å²) in [7, 11) is 0. The zero-order valence-corrected chi connectivity index (χ0v) is 15.2. The van der Waals surface area contributed by atoms with Crippen molar-refractivity contribution in [3.8, 4) is 0 Å². The van der Waals surface area contributed by atoms with Gasteiger partial charge in [0.05, 0.1) is 17.8 Å². The number of para-hydroxylation sites is 1. The Morgan fingerprint density at radius 1 is 1.04 bits per heavy atom. The first-order valence-electron chi connectivity index (χ1n) is 8.74. The third-order valence-electron chi connectivity index (χ3n) is 4.64. The Labute approximate surface area is 160 Å². The van der Waals surface area contributed by atoms with E-state index < -0.39 is 0 Å². The molecule has 0 saturated heterocycles. The van der Waals surface area contributed by atoms with E-state index in [1.54, 1.807) is 17.8 Å². The quantitative estimate of drug-likeness (QED) is 0.748. The van der Waals surface area contributed by atoms with Gasteiger partial charge < -0.3 is 10.2 Å². The molecule has 2 aliphatic heterocycles. The van der Waals surface area contributed by atoms with Crippen LogP contribution in [0, 0.1) is 0 Å². The highest BCUT2D eigenvalue weighted by Crippen LogP contribution is 2.35. The fourth-order valence-corrected chi connectivity index (χ4v) is 4.22. The number of amides is 1. The molecule has 0 fully saturated rings. The molecule has 0 spiro atoms. The Kier molecular flexibility index (Phi) is 3.90. The zero-order valence-electron chi connectivity index (χ0n) is 14.4. The van der Waals surface area contributed by atoms with Gasteiger partial charge in [0.25, 0.3) is 5.91 Å². The summed E-state index contributed by atoms with van der Waals surface area (Å²) in [5, 5.41) is 7.15. The maximum absolute atomic E-state index is 12.5. The van der Waals surface area contributed by atoms with Gasteiger partial charge in [0.15, 0.2) is 5.17 Å². The summed E-state index contributed by atoms with van der Waals surface area (Å²) in [5.74, 6) is -0.210. The van der Waals surface area contributed by atoms with Crippen LogP contribution in [0.1, 0.15) is 16.1 Å². The number of carbonyl (C=O) groups excluding carboxylic acids is 1. The van der Waals surface area contributed by atoms with Crippen molar-refractivity contribution >= 4 is 45.1 Å². The van der Waals surface area contributed by atoms with Crippen LogP contribution >= 0.6 is 11.8 Å². The molecule has 2 aromatic carbocycles. The monoisotopic (exact) mass is 372 g/mol. The van der Waals surface area contributed by atoms with Crippen LogP contribution in [0.15, 0.2) is 71.1 Å². The molecule has 0 radical (unpaired) electrons. The number of fused-ring (bicyclic) bond motifs is 2. The molecule has 0 saturated carbocycles. The lowest BCUT2D eigenvalue weighted by molar-refractivity contribution is 0.102. The van der Waals surface area contributed by atoms with E-state index in [1.807, 2.05) is 54.6 Å². The second-order valence-corrected chi connectivity index (χ2v) is 7.19. The molecule has 6 heteroatoms. The second-order valence-electron chi connectivity index (χ2n) is 6.36. The van der Waals surface area contributed by atoms with E-state index in [9.17, 15) is 4.79 Å². The molecular weight excluding hydrogens is 356 g/mol. The Hall–Kier alpha value is -3.12. The summed E-state index contributed by atoms with van der Waals surface area (Å²) in [6.07, 6.45) is 0. The van der Waals surface area contributed by atoms with E-state index in [4.69, 9.17) is 0 Å². The standard InChI is InChI=1S/C21H16N4OS/c26-20(18-10-7-14-3-1-2-4-17(14)24-18)23-16-8-5-15(6-9-16)19-13-27-21-22-11-12-25(19)21/h1-10,13H,11-12H2,(H,23,26). The molecule has 0 atom stereocenters. The van der Waals surface area contributed by atoms with Gasteiger partial charge in [0, 0.05) is 23.0 Å². The van der Waals surface area contributed by atoms with Crippen molar-refractivity contribution in [1.29, 1.82) is 0 Å². The molecular formula is C21H16N4OS. The Morgan fingerprint density at radius 3 is 2.78 bits per heavy atom. The molecule has 132 valence electrons. The highest BCUT2D eigenvalue weighted by atomic mass is 32.2. The third kappa shape index (κ3) is 2.98. The highest BCUT2D eigenvalue weighted by molar-refractivity contribution is 8.16. The molecule has 0 aliphatic carbocycles. The van der Waals surface area contributed by atoms with Crippen molar-refractivity contribution in [3.05, 3.63) is 77.3 Å². The van der Waals surface area contributed by atoms with Crippen molar-refractivity contribution < 1.29 is 4.79 Å². The lowest BCUT2D eigenvalue weighted by Gasteiger charge is -2.16. The van der Waals surface area contributed by atoms with Crippen LogP contribution in [0.3, 0.4) is 0 Å². The van der Waals surface area contributed by atoms with Gasteiger partial charge in [-0.1, -0.05) is 48.2 Å². The van der Waals surface area contributed by atoms with Gasteiger partial charge in [0.2, 0.25) is 0 Å². The van der Waals surface area contributed by atoms with E-state index >= 15 is 0 Å². The average Bonchev–Trinajstić information content (AvgIpc) is 3.32. The Balaban J connectivity index is 1.33. The fourth-order valence-electron chi connectivity index (χ4n) is 3.26. The fraction of sp³-hybridized carbons (Fsp3) is 0.0952. The van der Waals surface area contributed by atoms with Crippen LogP contribution in [0.25, 0.3) is 16.6 Å². The lowest BCUT2D eigenvalue weighted by Crippen LogP contribution is -2.19. The first-order chi connectivity index (χ1) is 13.3.